The number of carbonyl (C=O) groups is 1. The van der Waals surface area contributed by atoms with Gasteiger partial charge >= 0.3 is 0 Å². The number of carbonyl (C=O) groups excluding carboxylic acids is 1. The predicted molar refractivity (Wildman–Crippen MR) is 60.0 cm³/mol. The Bertz CT molecular complexity index is 434. The van der Waals surface area contributed by atoms with Crippen LogP contribution in [0.4, 0.5) is 5.69 Å². The summed E-state index contributed by atoms with van der Waals surface area (Å²) in [6, 6.07) is 3.24. The fourth-order valence-electron chi connectivity index (χ4n) is 1.58. The van der Waals surface area contributed by atoms with Crippen LogP contribution in [0, 0.1) is 0 Å². The van der Waals surface area contributed by atoms with Gasteiger partial charge in [0.25, 0.3) is 5.91 Å². The molecule has 1 amide bonds. The van der Waals surface area contributed by atoms with E-state index >= 15 is 0 Å². The zero-order valence-corrected chi connectivity index (χ0v) is 9.76. The second-order valence-corrected chi connectivity index (χ2v) is 4.24. The molecule has 1 aromatic rings. The molecule has 5 heteroatoms. The van der Waals surface area contributed by atoms with Crippen LogP contribution in [-0.4, -0.2) is 19.1 Å². The maximum Gasteiger partial charge on any atom is 0.267 e. The summed E-state index contributed by atoms with van der Waals surface area (Å²) in [6.07, 6.45) is -0.503. The molecule has 80 valence electrons. The van der Waals surface area contributed by atoms with Crippen LogP contribution in [0.15, 0.2) is 12.1 Å². The molecule has 1 aliphatic heterocycles. The molecule has 0 saturated heterocycles. The van der Waals surface area contributed by atoms with Gasteiger partial charge in [0.1, 0.15) is 11.4 Å². The summed E-state index contributed by atoms with van der Waals surface area (Å²) in [5.74, 6) is 0.425. The maximum absolute atomic E-state index is 11.6. The number of likely N-dealkylation sites (N-methyl/N-ethyl adjacent to an activating group) is 1. The van der Waals surface area contributed by atoms with Gasteiger partial charge in [-0.05, 0) is 13.0 Å². The topological polar surface area (TPSA) is 29.5 Å². The highest BCUT2D eigenvalue weighted by Gasteiger charge is 2.30. The third-order valence-corrected chi connectivity index (χ3v) is 2.82. The molecule has 1 unspecified atom stereocenters. The third-order valence-electron chi connectivity index (χ3n) is 2.31. The Morgan fingerprint density at radius 1 is 1.40 bits per heavy atom. The van der Waals surface area contributed by atoms with Gasteiger partial charge in [0.05, 0.1) is 5.02 Å². The van der Waals surface area contributed by atoms with Gasteiger partial charge in [-0.2, -0.15) is 0 Å². The monoisotopic (exact) mass is 245 g/mol. The number of amides is 1. The molecule has 1 atom stereocenters. The lowest BCUT2D eigenvalue weighted by Gasteiger charge is -2.31. The van der Waals surface area contributed by atoms with Crippen molar-refractivity contribution in [3.63, 3.8) is 0 Å². The van der Waals surface area contributed by atoms with Gasteiger partial charge in [-0.15, -0.1) is 0 Å². The number of anilines is 1. The molecule has 1 heterocycles. The molecular formula is C10H9Cl2NO2. The van der Waals surface area contributed by atoms with Gasteiger partial charge in [0, 0.05) is 18.1 Å². The number of fused-ring (bicyclic) bond motifs is 1. The fraction of sp³-hybridized carbons (Fsp3) is 0.300. The van der Waals surface area contributed by atoms with Crippen molar-refractivity contribution < 1.29 is 9.53 Å². The summed E-state index contributed by atoms with van der Waals surface area (Å²) in [4.78, 5) is 13.1. The summed E-state index contributed by atoms with van der Waals surface area (Å²) in [5.41, 5.74) is 0.573. The minimum atomic E-state index is -0.503. The quantitative estimate of drug-likeness (QED) is 0.704. The van der Waals surface area contributed by atoms with Gasteiger partial charge in [-0.3, -0.25) is 4.79 Å². The Morgan fingerprint density at radius 3 is 2.73 bits per heavy atom. The van der Waals surface area contributed by atoms with Gasteiger partial charge in [-0.1, -0.05) is 23.2 Å². The molecule has 2 rings (SSSR count). The summed E-state index contributed by atoms with van der Waals surface area (Å²) in [6.45, 7) is 1.69. The van der Waals surface area contributed by atoms with Gasteiger partial charge in [-0.25, -0.2) is 0 Å². The van der Waals surface area contributed by atoms with Crippen LogP contribution >= 0.6 is 23.2 Å². The first-order chi connectivity index (χ1) is 7.00. The van der Waals surface area contributed by atoms with Crippen LogP contribution < -0.4 is 9.64 Å². The number of benzene rings is 1. The number of halogens is 2. The predicted octanol–water partition coefficient (Wildman–Crippen LogP) is 2.74. The normalized spacial score (nSPS) is 19.9. The van der Waals surface area contributed by atoms with Crippen molar-refractivity contribution in [2.75, 3.05) is 11.9 Å². The minimum absolute atomic E-state index is 0.119. The highest BCUT2D eigenvalue weighted by molar-refractivity contribution is 6.37. The number of hydrogen-bond acceptors (Lipinski definition) is 2. The average molecular weight is 246 g/mol. The number of nitrogens with zero attached hydrogens (tertiary/aromatic N) is 1. The van der Waals surface area contributed by atoms with E-state index in [1.807, 2.05) is 0 Å². The summed E-state index contributed by atoms with van der Waals surface area (Å²) in [7, 11) is 1.67. The number of ether oxygens (including phenoxy) is 1. The highest BCUT2D eigenvalue weighted by atomic mass is 35.5. The Labute approximate surface area is 97.5 Å². The van der Waals surface area contributed by atoms with E-state index < -0.39 is 6.10 Å². The Balaban J connectivity index is 2.60. The van der Waals surface area contributed by atoms with Crippen LogP contribution in [0.5, 0.6) is 5.75 Å². The lowest BCUT2D eigenvalue weighted by molar-refractivity contribution is -0.125. The lowest BCUT2D eigenvalue weighted by Crippen LogP contribution is -2.42. The molecule has 0 saturated carbocycles. The lowest BCUT2D eigenvalue weighted by atomic mass is 10.2. The smallest absolute Gasteiger partial charge is 0.267 e. The standard InChI is InChI=1S/C10H9Cl2NO2/c1-5-10(14)13(2)9-7(12)3-6(11)4-8(9)15-5/h3-5H,1-2H3. The van der Waals surface area contributed by atoms with Crippen LogP contribution in [0.3, 0.4) is 0 Å². The first-order valence-electron chi connectivity index (χ1n) is 4.44. The average Bonchev–Trinajstić information content (AvgIpc) is 2.13. The van der Waals surface area contributed by atoms with Crippen molar-refractivity contribution in [1.29, 1.82) is 0 Å². The van der Waals surface area contributed by atoms with E-state index in [-0.39, 0.29) is 5.91 Å². The van der Waals surface area contributed by atoms with Crippen LogP contribution in [0.1, 0.15) is 6.92 Å². The Morgan fingerprint density at radius 2 is 2.07 bits per heavy atom. The zero-order valence-electron chi connectivity index (χ0n) is 8.25. The van der Waals surface area contributed by atoms with Crippen molar-refractivity contribution in [1.82, 2.24) is 0 Å². The van der Waals surface area contributed by atoms with Crippen molar-refractivity contribution in [2.24, 2.45) is 0 Å². The number of rotatable bonds is 0. The molecule has 0 bridgehead atoms. The van der Waals surface area contributed by atoms with Crippen LogP contribution in [0.25, 0.3) is 0 Å². The molecule has 0 spiro atoms. The second-order valence-electron chi connectivity index (χ2n) is 3.39. The Hall–Kier alpha value is -0.930. The largest absolute Gasteiger partial charge is 0.479 e. The molecule has 3 nitrogen and oxygen atoms in total. The van der Waals surface area contributed by atoms with Crippen LogP contribution in [0.2, 0.25) is 10.0 Å². The molecule has 1 aromatic carbocycles. The third kappa shape index (κ3) is 1.66. The van der Waals surface area contributed by atoms with E-state index in [2.05, 4.69) is 0 Å². The molecule has 15 heavy (non-hydrogen) atoms. The van der Waals surface area contributed by atoms with E-state index in [9.17, 15) is 4.79 Å². The summed E-state index contributed by atoms with van der Waals surface area (Å²) >= 11 is 11.8. The summed E-state index contributed by atoms with van der Waals surface area (Å²) in [5, 5.41) is 0.911. The van der Waals surface area contributed by atoms with Crippen molar-refractivity contribution in [2.45, 2.75) is 13.0 Å². The molecular weight excluding hydrogens is 237 g/mol. The molecule has 0 radical (unpaired) electrons. The van der Waals surface area contributed by atoms with Crippen LogP contribution in [-0.2, 0) is 4.79 Å². The van der Waals surface area contributed by atoms with Crippen molar-refractivity contribution in [3.05, 3.63) is 22.2 Å². The summed E-state index contributed by atoms with van der Waals surface area (Å²) < 4.78 is 5.42. The first-order valence-corrected chi connectivity index (χ1v) is 5.19. The Kier molecular flexibility index (Phi) is 2.52. The van der Waals surface area contributed by atoms with Gasteiger partial charge in [0.15, 0.2) is 6.10 Å². The molecule has 0 N–H and O–H groups in total. The molecule has 1 aliphatic rings. The van der Waals surface area contributed by atoms with E-state index in [0.29, 0.717) is 21.5 Å². The van der Waals surface area contributed by atoms with E-state index in [1.165, 1.54) is 4.90 Å². The van der Waals surface area contributed by atoms with E-state index in [0.717, 1.165) is 0 Å². The van der Waals surface area contributed by atoms with E-state index in [1.54, 1.807) is 26.1 Å². The molecule has 0 aromatic heterocycles. The first kappa shape index (κ1) is 10.6. The fourth-order valence-corrected chi connectivity index (χ4v) is 2.18. The molecule has 0 fully saturated rings. The zero-order chi connectivity index (χ0) is 11.2. The van der Waals surface area contributed by atoms with Crippen molar-refractivity contribution >= 4 is 34.8 Å². The minimum Gasteiger partial charge on any atom is -0.479 e. The second kappa shape index (κ2) is 3.58. The van der Waals surface area contributed by atoms with E-state index in [4.69, 9.17) is 27.9 Å². The molecule has 0 aliphatic carbocycles. The highest BCUT2D eigenvalue weighted by Crippen LogP contribution is 2.41. The van der Waals surface area contributed by atoms with Crippen molar-refractivity contribution in [3.8, 4) is 5.75 Å². The van der Waals surface area contributed by atoms with Gasteiger partial charge in [0.2, 0.25) is 0 Å². The maximum atomic E-state index is 11.6. The SMILES string of the molecule is CC1Oc2cc(Cl)cc(Cl)c2N(C)C1=O. The van der Waals surface area contributed by atoms with Gasteiger partial charge < -0.3 is 9.64 Å². The number of hydrogen-bond donors (Lipinski definition) is 0.